The summed E-state index contributed by atoms with van der Waals surface area (Å²) >= 11 is 6.03. The Kier molecular flexibility index (Phi) is 6.03. The fraction of sp³-hybridized carbons (Fsp3) is 0.263. The van der Waals surface area contributed by atoms with Crippen molar-refractivity contribution in [2.24, 2.45) is 5.16 Å². The van der Waals surface area contributed by atoms with Gasteiger partial charge < -0.3 is 24.4 Å². The fourth-order valence-electron chi connectivity index (χ4n) is 2.45. The highest BCUT2D eigenvalue weighted by Gasteiger charge is 2.13. The topological polar surface area (TPSA) is 78.4 Å². The third kappa shape index (κ3) is 4.83. The summed E-state index contributed by atoms with van der Waals surface area (Å²) in [5.74, 6) is 1.55. The summed E-state index contributed by atoms with van der Waals surface area (Å²) in [5.41, 5.74) is 1.98. The summed E-state index contributed by atoms with van der Waals surface area (Å²) in [4.78, 5) is 17.1. The molecule has 0 radical (unpaired) electrons. The number of hydrogen-bond donors (Lipinski definition) is 1. The molecule has 27 heavy (non-hydrogen) atoms. The lowest BCUT2D eigenvalue weighted by Gasteiger charge is -2.18. The van der Waals surface area contributed by atoms with E-state index in [1.54, 1.807) is 25.1 Å². The smallest absolute Gasteiger partial charge is 0.265 e. The first kappa shape index (κ1) is 18.8. The van der Waals surface area contributed by atoms with Crippen molar-refractivity contribution in [2.45, 2.75) is 6.92 Å². The van der Waals surface area contributed by atoms with Crippen LogP contribution >= 0.6 is 11.6 Å². The van der Waals surface area contributed by atoms with Crippen molar-refractivity contribution in [3.05, 3.63) is 47.0 Å². The number of carbonyl (C=O) groups excluding carboxylic acids is 1. The second-order valence-electron chi connectivity index (χ2n) is 5.71. The molecule has 0 fully saturated rings. The van der Waals surface area contributed by atoms with Crippen molar-refractivity contribution in [2.75, 3.05) is 32.2 Å². The number of nitrogens with one attached hydrogen (secondary N) is 1. The predicted octanol–water partition coefficient (Wildman–Crippen LogP) is 3.50. The lowest BCUT2D eigenvalue weighted by Crippen LogP contribution is -2.17. The van der Waals surface area contributed by atoms with Crippen LogP contribution < -0.4 is 19.5 Å². The number of ether oxygens (including phenoxy) is 3. The minimum Gasteiger partial charge on any atom is -0.495 e. The number of fused-ring (bicyclic) bond motifs is 1. The van der Waals surface area contributed by atoms with Gasteiger partial charge in [0.05, 0.1) is 17.8 Å². The number of halogens is 1. The normalized spacial score (nSPS) is 13.1. The molecular formula is C19H19ClN2O5. The molecule has 0 unspecified atom stereocenters. The van der Waals surface area contributed by atoms with Crippen LogP contribution in [0.1, 0.15) is 12.5 Å². The number of oxime groups is 1. The molecule has 1 heterocycles. The van der Waals surface area contributed by atoms with Gasteiger partial charge in [-0.25, -0.2) is 0 Å². The van der Waals surface area contributed by atoms with Crippen molar-refractivity contribution in [1.82, 2.24) is 0 Å². The van der Waals surface area contributed by atoms with E-state index in [9.17, 15) is 4.79 Å². The average molecular weight is 391 g/mol. The van der Waals surface area contributed by atoms with Crippen LogP contribution in [0.25, 0.3) is 0 Å². The minimum atomic E-state index is -0.352. The zero-order valence-electron chi connectivity index (χ0n) is 15.0. The van der Waals surface area contributed by atoms with Crippen LogP contribution in [0.4, 0.5) is 5.69 Å². The highest BCUT2D eigenvalue weighted by Crippen LogP contribution is 2.31. The van der Waals surface area contributed by atoms with Crippen LogP contribution in [0.3, 0.4) is 0 Å². The van der Waals surface area contributed by atoms with Gasteiger partial charge in [-0.05, 0) is 43.3 Å². The maximum Gasteiger partial charge on any atom is 0.265 e. The maximum absolute atomic E-state index is 12.0. The van der Waals surface area contributed by atoms with Gasteiger partial charge in [-0.3, -0.25) is 4.79 Å². The largest absolute Gasteiger partial charge is 0.495 e. The molecule has 7 nitrogen and oxygen atoms in total. The lowest BCUT2D eigenvalue weighted by atomic mass is 10.1. The standard InChI is InChI=1S/C19H19ClN2O5/c1-12(13-3-5-17-18(9-13)26-8-7-25-17)22-27-11-19(23)21-14-4-6-16(24-2)15(20)10-14/h3-6,9-10H,7-8,11H2,1-2H3,(H,21,23)/b22-12+. The van der Waals surface area contributed by atoms with E-state index in [2.05, 4.69) is 10.5 Å². The van der Waals surface area contributed by atoms with Gasteiger partial charge in [-0.2, -0.15) is 0 Å². The van der Waals surface area contributed by atoms with Crippen LogP contribution in [-0.2, 0) is 9.63 Å². The SMILES string of the molecule is COc1ccc(NC(=O)CO/N=C(\C)c2ccc3c(c2)OCCO3)cc1Cl. The second-order valence-corrected chi connectivity index (χ2v) is 6.11. The quantitative estimate of drug-likeness (QED) is 0.603. The van der Waals surface area contributed by atoms with Crippen LogP contribution in [0.5, 0.6) is 17.2 Å². The summed E-state index contributed by atoms with van der Waals surface area (Å²) in [5, 5.41) is 7.07. The zero-order chi connectivity index (χ0) is 19.2. The van der Waals surface area contributed by atoms with E-state index in [1.807, 2.05) is 18.2 Å². The van der Waals surface area contributed by atoms with E-state index >= 15 is 0 Å². The van der Waals surface area contributed by atoms with Crippen LogP contribution in [0.15, 0.2) is 41.6 Å². The fourth-order valence-corrected chi connectivity index (χ4v) is 2.71. The molecule has 2 aromatic carbocycles. The van der Waals surface area contributed by atoms with Gasteiger partial charge in [-0.15, -0.1) is 0 Å². The number of amides is 1. The van der Waals surface area contributed by atoms with Gasteiger partial charge in [0.1, 0.15) is 19.0 Å². The molecule has 1 N–H and O–H groups in total. The monoisotopic (exact) mass is 390 g/mol. The Morgan fingerprint density at radius 1 is 1.19 bits per heavy atom. The molecule has 2 aromatic rings. The Morgan fingerprint density at radius 3 is 2.70 bits per heavy atom. The molecular weight excluding hydrogens is 372 g/mol. The van der Waals surface area contributed by atoms with E-state index in [4.69, 9.17) is 30.6 Å². The number of rotatable bonds is 6. The summed E-state index contributed by atoms with van der Waals surface area (Å²) < 4.78 is 16.1. The number of anilines is 1. The number of nitrogens with zero attached hydrogens (tertiary/aromatic N) is 1. The van der Waals surface area contributed by atoms with Gasteiger partial charge in [0, 0.05) is 11.3 Å². The molecule has 0 spiro atoms. The number of methoxy groups -OCH3 is 1. The zero-order valence-corrected chi connectivity index (χ0v) is 15.7. The Bertz CT molecular complexity index is 869. The highest BCUT2D eigenvalue weighted by molar-refractivity contribution is 6.32. The van der Waals surface area contributed by atoms with E-state index in [-0.39, 0.29) is 12.5 Å². The molecule has 0 aliphatic carbocycles. The molecule has 1 aliphatic heterocycles. The van der Waals surface area contributed by atoms with E-state index in [1.165, 1.54) is 7.11 Å². The van der Waals surface area contributed by atoms with Crippen molar-refractivity contribution >= 4 is 28.9 Å². The summed E-state index contributed by atoms with van der Waals surface area (Å²) in [7, 11) is 1.52. The molecule has 8 heteroatoms. The molecule has 3 rings (SSSR count). The average Bonchev–Trinajstić information content (AvgIpc) is 2.67. The third-order valence-electron chi connectivity index (χ3n) is 3.79. The molecule has 0 saturated carbocycles. The first-order chi connectivity index (χ1) is 13.1. The van der Waals surface area contributed by atoms with Crippen molar-refractivity contribution in [3.63, 3.8) is 0 Å². The van der Waals surface area contributed by atoms with Gasteiger partial charge in [0.2, 0.25) is 0 Å². The summed E-state index contributed by atoms with van der Waals surface area (Å²) in [6.07, 6.45) is 0. The van der Waals surface area contributed by atoms with Crippen LogP contribution in [0, 0.1) is 0 Å². The third-order valence-corrected chi connectivity index (χ3v) is 4.09. The molecule has 0 atom stereocenters. The molecule has 142 valence electrons. The maximum atomic E-state index is 12.0. The molecule has 1 aliphatic rings. The van der Waals surface area contributed by atoms with Crippen LogP contribution in [-0.4, -0.2) is 38.5 Å². The predicted molar refractivity (Wildman–Crippen MR) is 102 cm³/mol. The molecule has 0 bridgehead atoms. The number of benzene rings is 2. The summed E-state index contributed by atoms with van der Waals surface area (Å²) in [6, 6.07) is 10.5. The number of carbonyl (C=O) groups is 1. The van der Waals surface area contributed by atoms with Gasteiger partial charge in [0.25, 0.3) is 5.91 Å². The Morgan fingerprint density at radius 2 is 1.96 bits per heavy atom. The first-order valence-corrected chi connectivity index (χ1v) is 8.64. The second kappa shape index (κ2) is 8.64. The highest BCUT2D eigenvalue weighted by atomic mass is 35.5. The van der Waals surface area contributed by atoms with Crippen molar-refractivity contribution in [1.29, 1.82) is 0 Å². The molecule has 0 aromatic heterocycles. The van der Waals surface area contributed by atoms with Crippen molar-refractivity contribution in [3.8, 4) is 17.2 Å². The van der Waals surface area contributed by atoms with Crippen LogP contribution in [0.2, 0.25) is 5.02 Å². The van der Waals surface area contributed by atoms with Gasteiger partial charge >= 0.3 is 0 Å². The first-order valence-electron chi connectivity index (χ1n) is 8.27. The number of hydrogen-bond acceptors (Lipinski definition) is 6. The Hall–Kier alpha value is -2.93. The van der Waals surface area contributed by atoms with Gasteiger partial charge in [-0.1, -0.05) is 16.8 Å². The van der Waals surface area contributed by atoms with E-state index < -0.39 is 0 Å². The Labute approximate surface area is 161 Å². The lowest BCUT2D eigenvalue weighted by molar-refractivity contribution is -0.120. The molecule has 1 amide bonds. The summed E-state index contributed by atoms with van der Waals surface area (Å²) in [6.45, 7) is 2.61. The Balaban J connectivity index is 1.55. The minimum absolute atomic E-state index is 0.231. The van der Waals surface area contributed by atoms with E-state index in [0.717, 1.165) is 5.56 Å². The molecule has 0 saturated heterocycles. The van der Waals surface area contributed by atoms with Gasteiger partial charge in [0.15, 0.2) is 18.1 Å². The van der Waals surface area contributed by atoms with E-state index in [0.29, 0.717) is 46.9 Å². The van der Waals surface area contributed by atoms with Crippen molar-refractivity contribution < 1.29 is 23.8 Å².